The van der Waals surface area contributed by atoms with Gasteiger partial charge in [0.15, 0.2) is 0 Å². The maximum atomic E-state index is 12.9. The lowest BCUT2D eigenvalue weighted by atomic mass is 9.55. The van der Waals surface area contributed by atoms with Crippen LogP contribution in [0.25, 0.3) is 10.8 Å². The van der Waals surface area contributed by atoms with E-state index in [9.17, 15) is 4.79 Å². The molecule has 0 atom stereocenters. The molecule has 2 aromatic carbocycles. The summed E-state index contributed by atoms with van der Waals surface area (Å²) < 4.78 is 16.9. The van der Waals surface area contributed by atoms with Gasteiger partial charge in [-0.15, -0.1) is 0 Å². The van der Waals surface area contributed by atoms with Crippen molar-refractivity contribution in [1.82, 2.24) is 0 Å². The van der Waals surface area contributed by atoms with E-state index in [1.165, 1.54) is 0 Å². The van der Waals surface area contributed by atoms with Gasteiger partial charge in [0.25, 0.3) is 0 Å². The van der Waals surface area contributed by atoms with Crippen molar-refractivity contribution in [2.45, 2.75) is 48.5 Å². The normalized spacial score (nSPS) is 12.5. The predicted octanol–water partition coefficient (Wildman–Crippen LogP) is 5.75. The first-order valence-electron chi connectivity index (χ1n) is 10.7. The number of esters is 1. The molecular weight excluding hydrogens is 390 g/mol. The Morgan fingerprint density at radius 2 is 1.42 bits per heavy atom. The minimum atomic E-state index is -0.618. The molecule has 0 bridgehead atoms. The van der Waals surface area contributed by atoms with Gasteiger partial charge in [0.2, 0.25) is 0 Å². The number of benzene rings is 2. The van der Waals surface area contributed by atoms with Crippen LogP contribution < -0.4 is 4.74 Å². The van der Waals surface area contributed by atoms with Gasteiger partial charge in [0.1, 0.15) is 19.0 Å². The molecule has 0 aromatic heterocycles. The summed E-state index contributed by atoms with van der Waals surface area (Å²) in [6, 6.07) is 13.5. The van der Waals surface area contributed by atoms with Gasteiger partial charge in [-0.25, -0.2) is 0 Å². The zero-order valence-electron chi connectivity index (χ0n) is 19.9. The van der Waals surface area contributed by atoms with Crippen LogP contribution in [0.5, 0.6) is 5.75 Å². The van der Waals surface area contributed by atoms with E-state index in [2.05, 4.69) is 47.6 Å². The summed E-state index contributed by atoms with van der Waals surface area (Å²) in [6.07, 6.45) is 0. The molecule has 5 nitrogen and oxygen atoms in total. The van der Waals surface area contributed by atoms with Gasteiger partial charge < -0.3 is 14.2 Å². The number of hydrogen-bond donors (Lipinski definition) is 0. The van der Waals surface area contributed by atoms with E-state index in [0.717, 1.165) is 16.5 Å². The van der Waals surface area contributed by atoms with Crippen LogP contribution in [0.1, 0.15) is 54.0 Å². The molecule has 0 aliphatic rings. The van der Waals surface area contributed by atoms with Crippen LogP contribution in [-0.4, -0.2) is 32.4 Å². The van der Waals surface area contributed by atoms with Crippen LogP contribution in [0.4, 0.5) is 0 Å². The fraction of sp³-hybridized carbons (Fsp3) is 0.538. The van der Waals surface area contributed by atoms with E-state index in [4.69, 9.17) is 19.5 Å². The van der Waals surface area contributed by atoms with Crippen LogP contribution in [0.3, 0.4) is 0 Å². The summed E-state index contributed by atoms with van der Waals surface area (Å²) in [5.41, 5.74) is -0.437. The first kappa shape index (κ1) is 24.7. The molecule has 31 heavy (non-hydrogen) atoms. The minimum absolute atomic E-state index is 0.192. The van der Waals surface area contributed by atoms with E-state index in [-0.39, 0.29) is 23.4 Å². The summed E-state index contributed by atoms with van der Waals surface area (Å²) in [6.45, 7) is 15.8. The van der Waals surface area contributed by atoms with Crippen LogP contribution in [0.2, 0.25) is 0 Å². The summed E-state index contributed by atoms with van der Waals surface area (Å²) in [5.74, 6) is 0.557. The molecule has 0 fully saturated rings. The molecule has 2 rings (SSSR count). The van der Waals surface area contributed by atoms with E-state index < -0.39 is 5.41 Å². The summed E-state index contributed by atoms with van der Waals surface area (Å²) in [4.78, 5) is 12.9. The van der Waals surface area contributed by atoms with Gasteiger partial charge in [-0.1, -0.05) is 53.7 Å². The highest BCUT2D eigenvalue weighted by atomic mass is 16.6. The van der Waals surface area contributed by atoms with Crippen LogP contribution >= 0.6 is 0 Å². The molecule has 0 heterocycles. The molecule has 5 heteroatoms. The maximum Gasteiger partial charge on any atom is 0.312 e. The van der Waals surface area contributed by atoms with Gasteiger partial charge in [-0.2, -0.15) is 5.26 Å². The Balaban J connectivity index is 1.76. The number of fused-ring (bicyclic) bond motifs is 1. The molecule has 0 aliphatic heterocycles. The van der Waals surface area contributed by atoms with Gasteiger partial charge >= 0.3 is 5.97 Å². The van der Waals surface area contributed by atoms with E-state index in [1.54, 1.807) is 6.07 Å². The largest absolute Gasteiger partial charge is 0.491 e. The van der Waals surface area contributed by atoms with Crippen molar-refractivity contribution in [1.29, 1.82) is 5.26 Å². The smallest absolute Gasteiger partial charge is 0.312 e. The highest BCUT2D eigenvalue weighted by Gasteiger charge is 2.53. The molecule has 0 N–H and O–H groups in total. The molecule has 0 spiro atoms. The third kappa shape index (κ3) is 5.77. The second-order valence-corrected chi connectivity index (χ2v) is 10.1. The molecule has 0 unspecified atom stereocenters. The summed E-state index contributed by atoms with van der Waals surface area (Å²) in [5, 5.41) is 11.0. The van der Waals surface area contributed by atoms with E-state index in [0.29, 0.717) is 25.4 Å². The summed E-state index contributed by atoms with van der Waals surface area (Å²) in [7, 11) is 0. The monoisotopic (exact) mass is 425 g/mol. The van der Waals surface area contributed by atoms with Gasteiger partial charge in [0, 0.05) is 0 Å². The van der Waals surface area contributed by atoms with Crippen molar-refractivity contribution in [3.63, 3.8) is 0 Å². The topological polar surface area (TPSA) is 68.6 Å². The predicted molar refractivity (Wildman–Crippen MR) is 123 cm³/mol. The van der Waals surface area contributed by atoms with Crippen LogP contribution in [0.15, 0.2) is 36.4 Å². The van der Waals surface area contributed by atoms with Crippen molar-refractivity contribution >= 4 is 16.7 Å². The Bertz CT molecular complexity index is 931. The zero-order chi connectivity index (χ0) is 23.3. The number of rotatable bonds is 8. The highest BCUT2D eigenvalue weighted by Crippen LogP contribution is 2.52. The lowest BCUT2D eigenvalue weighted by Gasteiger charge is -2.48. The van der Waals surface area contributed by atoms with Gasteiger partial charge in [-0.05, 0) is 52.8 Å². The molecule has 2 aromatic rings. The summed E-state index contributed by atoms with van der Waals surface area (Å²) >= 11 is 0. The highest BCUT2D eigenvalue weighted by molar-refractivity contribution is 5.85. The fourth-order valence-corrected chi connectivity index (χ4v) is 3.78. The Morgan fingerprint density at radius 3 is 2.03 bits per heavy atom. The Kier molecular flexibility index (Phi) is 7.72. The first-order valence-corrected chi connectivity index (χ1v) is 10.7. The third-order valence-electron chi connectivity index (χ3n) is 6.31. The van der Waals surface area contributed by atoms with Gasteiger partial charge in [-0.3, -0.25) is 4.79 Å². The Morgan fingerprint density at radius 1 is 0.839 bits per heavy atom. The van der Waals surface area contributed by atoms with Crippen LogP contribution in [0, 0.1) is 27.6 Å². The van der Waals surface area contributed by atoms with Gasteiger partial charge in [0.05, 0.1) is 30.3 Å². The van der Waals surface area contributed by atoms with Crippen molar-refractivity contribution in [2.75, 3.05) is 26.4 Å². The van der Waals surface area contributed by atoms with Crippen molar-refractivity contribution in [3.05, 3.63) is 42.0 Å². The molecular formula is C26H35NO4. The lowest BCUT2D eigenvalue weighted by molar-refractivity contribution is -0.174. The molecule has 0 saturated carbocycles. The maximum absolute atomic E-state index is 12.9. The molecule has 0 aliphatic carbocycles. The average molecular weight is 426 g/mol. The molecule has 0 amide bonds. The third-order valence-corrected chi connectivity index (χ3v) is 6.31. The number of ether oxygens (including phenoxy) is 3. The minimum Gasteiger partial charge on any atom is -0.491 e. The SMILES string of the molecule is CC(C)(C)C(C)(C(=O)OCCOCCOc1ccc2cc(C#N)ccc2c1)C(C)(C)C. The second-order valence-electron chi connectivity index (χ2n) is 10.1. The van der Waals surface area contributed by atoms with Crippen molar-refractivity contribution in [2.24, 2.45) is 16.2 Å². The number of nitrogens with zero attached hydrogens (tertiary/aromatic N) is 1. The number of nitriles is 1. The van der Waals surface area contributed by atoms with Crippen molar-refractivity contribution in [3.8, 4) is 11.8 Å². The first-order chi connectivity index (χ1) is 14.4. The Hall–Kier alpha value is -2.58. The molecule has 168 valence electrons. The fourth-order valence-electron chi connectivity index (χ4n) is 3.78. The zero-order valence-corrected chi connectivity index (χ0v) is 19.9. The molecule has 0 radical (unpaired) electrons. The van der Waals surface area contributed by atoms with Crippen LogP contribution in [-0.2, 0) is 14.3 Å². The average Bonchev–Trinajstić information content (AvgIpc) is 2.70. The second kappa shape index (κ2) is 9.70. The number of carbonyl (C=O) groups excluding carboxylic acids is 1. The standard InChI is InChI=1S/C26H35NO4/c1-24(2,3)26(7,25(4,5)6)23(28)31-15-13-29-12-14-30-22-11-10-20-16-19(18-27)8-9-21(20)17-22/h8-11,16-17H,12-15H2,1-7H3. The Labute approximate surface area is 186 Å². The van der Waals surface area contributed by atoms with E-state index in [1.807, 2.05) is 37.3 Å². The molecule has 0 saturated heterocycles. The lowest BCUT2D eigenvalue weighted by Crippen LogP contribution is -2.51. The quantitative estimate of drug-likeness (QED) is 0.398. The number of carbonyl (C=O) groups is 1. The van der Waals surface area contributed by atoms with Crippen molar-refractivity contribution < 1.29 is 19.0 Å². The van der Waals surface area contributed by atoms with E-state index >= 15 is 0 Å². The number of hydrogen-bond acceptors (Lipinski definition) is 5.